The van der Waals surface area contributed by atoms with Crippen molar-refractivity contribution < 1.29 is 14.3 Å². The zero-order chi connectivity index (χ0) is 18.7. The minimum atomic E-state index is -0.289. The fourth-order valence-corrected chi connectivity index (χ4v) is 3.46. The number of ether oxygens (including phenoxy) is 2. The average Bonchev–Trinajstić information content (AvgIpc) is 3.03. The molecule has 0 aliphatic carbocycles. The molecule has 3 rings (SSSR count). The van der Waals surface area contributed by atoms with E-state index in [4.69, 9.17) is 26.9 Å². The maximum absolute atomic E-state index is 12.2. The van der Waals surface area contributed by atoms with Crippen LogP contribution in [-0.4, -0.2) is 24.6 Å². The number of nitrogens with one attached hydrogen (secondary N) is 2. The smallest absolute Gasteiger partial charge is 0.262 e. The normalized spacial score (nSPS) is 10.6. The largest absolute Gasteiger partial charge is 0.494 e. The lowest BCUT2D eigenvalue weighted by Crippen LogP contribution is -2.20. The van der Waals surface area contributed by atoms with Crippen molar-refractivity contribution in [3.05, 3.63) is 40.9 Å². The number of nitrogens with two attached hydrogens (primary N) is 1. The third-order valence-corrected chi connectivity index (χ3v) is 4.75. The Morgan fingerprint density at radius 2 is 2.12 bits per heavy atom. The molecule has 9 heteroatoms. The molecule has 0 radical (unpaired) electrons. The number of hydrazine groups is 1. The highest BCUT2D eigenvalue weighted by Gasteiger charge is 2.13. The molecule has 26 heavy (non-hydrogen) atoms. The molecule has 3 aromatic rings. The van der Waals surface area contributed by atoms with E-state index >= 15 is 0 Å². The number of fused-ring (bicyclic) bond motifs is 1. The zero-order valence-corrected chi connectivity index (χ0v) is 15.7. The number of aryl methyl sites for hydroxylation is 1. The van der Waals surface area contributed by atoms with Gasteiger partial charge < -0.3 is 14.8 Å². The van der Waals surface area contributed by atoms with Gasteiger partial charge in [0.25, 0.3) is 5.91 Å². The fraction of sp³-hybridized carbons (Fsp3) is 0.176. The quantitative estimate of drug-likeness (QED) is 0.438. The van der Waals surface area contributed by atoms with Gasteiger partial charge in [0.2, 0.25) is 0 Å². The molecule has 4 N–H and O–H groups in total. The number of nitrogens with zero attached hydrogens (tertiary/aromatic N) is 1. The number of carbonyl (C=O) groups excluding carboxylic acids is 1. The number of amides is 1. The lowest BCUT2D eigenvalue weighted by atomic mass is 10.2. The molecule has 1 amide bonds. The predicted octanol–water partition coefficient (Wildman–Crippen LogP) is 3.57. The SMILES string of the molecule is COc1cc(NC(=O)COc2ccc(Cl)cc2C)cc2sc(NN)nc12. The van der Waals surface area contributed by atoms with Crippen molar-refractivity contribution in [1.29, 1.82) is 0 Å². The maximum Gasteiger partial charge on any atom is 0.262 e. The third-order valence-electron chi connectivity index (χ3n) is 3.58. The lowest BCUT2D eigenvalue weighted by molar-refractivity contribution is -0.118. The number of benzene rings is 2. The van der Waals surface area contributed by atoms with Crippen LogP contribution >= 0.6 is 22.9 Å². The van der Waals surface area contributed by atoms with Gasteiger partial charge in [-0.2, -0.15) is 0 Å². The molecule has 0 fully saturated rings. The van der Waals surface area contributed by atoms with Crippen LogP contribution < -0.4 is 26.1 Å². The van der Waals surface area contributed by atoms with Crippen molar-refractivity contribution in [3.8, 4) is 11.5 Å². The van der Waals surface area contributed by atoms with Gasteiger partial charge in [0.1, 0.15) is 17.0 Å². The van der Waals surface area contributed by atoms with E-state index < -0.39 is 0 Å². The first-order chi connectivity index (χ1) is 12.5. The van der Waals surface area contributed by atoms with Crippen molar-refractivity contribution in [2.45, 2.75) is 6.92 Å². The van der Waals surface area contributed by atoms with Gasteiger partial charge in [0.05, 0.1) is 11.8 Å². The van der Waals surface area contributed by atoms with Crippen molar-refractivity contribution in [2.24, 2.45) is 5.84 Å². The van der Waals surface area contributed by atoms with E-state index in [1.807, 2.05) is 13.0 Å². The number of hydrogen-bond acceptors (Lipinski definition) is 7. The van der Waals surface area contributed by atoms with Gasteiger partial charge in [-0.25, -0.2) is 10.8 Å². The van der Waals surface area contributed by atoms with Gasteiger partial charge in [-0.05, 0) is 36.8 Å². The molecular weight excluding hydrogens is 376 g/mol. The van der Waals surface area contributed by atoms with Crippen molar-refractivity contribution >= 4 is 49.9 Å². The number of halogens is 1. The van der Waals surface area contributed by atoms with Crippen LogP contribution in [0.15, 0.2) is 30.3 Å². The summed E-state index contributed by atoms with van der Waals surface area (Å²) in [6.07, 6.45) is 0. The first-order valence-corrected chi connectivity index (χ1v) is 8.83. The monoisotopic (exact) mass is 392 g/mol. The molecule has 136 valence electrons. The Hall–Kier alpha value is -2.55. The van der Waals surface area contributed by atoms with Crippen LogP contribution in [0.2, 0.25) is 5.02 Å². The Morgan fingerprint density at radius 1 is 1.31 bits per heavy atom. The maximum atomic E-state index is 12.2. The van der Waals surface area contributed by atoms with E-state index in [1.165, 1.54) is 11.3 Å². The minimum Gasteiger partial charge on any atom is -0.494 e. The average molecular weight is 393 g/mol. The molecular formula is C17H17ClN4O3S. The van der Waals surface area contributed by atoms with Crippen LogP contribution in [0.5, 0.6) is 11.5 Å². The van der Waals surface area contributed by atoms with Crippen molar-refractivity contribution in [1.82, 2.24) is 4.98 Å². The highest BCUT2D eigenvalue weighted by Crippen LogP contribution is 2.35. The van der Waals surface area contributed by atoms with Gasteiger partial charge in [0, 0.05) is 16.8 Å². The second-order valence-electron chi connectivity index (χ2n) is 5.44. The van der Waals surface area contributed by atoms with E-state index in [1.54, 1.807) is 31.4 Å². The summed E-state index contributed by atoms with van der Waals surface area (Å²) < 4.78 is 11.7. The number of carbonyl (C=O) groups is 1. The molecule has 2 aromatic carbocycles. The molecule has 0 bridgehead atoms. The number of aromatic nitrogens is 1. The molecule has 0 saturated carbocycles. The standard InChI is InChI=1S/C17H17ClN4O3S/c1-9-5-10(18)3-4-12(9)25-8-15(23)20-11-6-13(24-2)16-14(7-11)26-17(21-16)22-19/h3-7H,8,19H2,1-2H3,(H,20,23)(H,21,22). The molecule has 0 saturated heterocycles. The van der Waals surface area contributed by atoms with Crippen LogP contribution in [0.25, 0.3) is 10.2 Å². The van der Waals surface area contributed by atoms with Gasteiger partial charge in [-0.3, -0.25) is 10.2 Å². The fourth-order valence-electron chi connectivity index (χ4n) is 2.40. The number of anilines is 2. The van der Waals surface area contributed by atoms with E-state index in [0.29, 0.717) is 32.9 Å². The summed E-state index contributed by atoms with van der Waals surface area (Å²) >= 11 is 7.27. The van der Waals surface area contributed by atoms with Gasteiger partial charge >= 0.3 is 0 Å². The van der Waals surface area contributed by atoms with E-state index in [2.05, 4.69) is 15.7 Å². The highest BCUT2D eigenvalue weighted by atomic mass is 35.5. The summed E-state index contributed by atoms with van der Waals surface area (Å²) in [5.41, 5.74) is 4.64. The Morgan fingerprint density at radius 3 is 2.81 bits per heavy atom. The molecule has 1 heterocycles. The summed E-state index contributed by atoms with van der Waals surface area (Å²) in [5.74, 6) is 6.27. The Bertz CT molecular complexity index is 961. The van der Waals surface area contributed by atoms with Crippen LogP contribution in [0.3, 0.4) is 0 Å². The highest BCUT2D eigenvalue weighted by molar-refractivity contribution is 7.22. The van der Waals surface area contributed by atoms with Gasteiger partial charge in [-0.15, -0.1) is 0 Å². The van der Waals surface area contributed by atoms with Crippen LogP contribution in [0.4, 0.5) is 10.8 Å². The molecule has 7 nitrogen and oxygen atoms in total. The minimum absolute atomic E-state index is 0.124. The van der Waals surface area contributed by atoms with E-state index in [0.717, 1.165) is 10.3 Å². The summed E-state index contributed by atoms with van der Waals surface area (Å²) in [5, 5.41) is 3.97. The Balaban J connectivity index is 1.72. The number of hydrogen-bond donors (Lipinski definition) is 3. The van der Waals surface area contributed by atoms with Crippen LogP contribution in [0, 0.1) is 6.92 Å². The van der Waals surface area contributed by atoms with Crippen LogP contribution in [0.1, 0.15) is 5.56 Å². The molecule has 0 aliphatic rings. The molecule has 1 aromatic heterocycles. The molecule has 0 unspecified atom stereocenters. The van der Waals surface area contributed by atoms with Crippen molar-refractivity contribution in [3.63, 3.8) is 0 Å². The second kappa shape index (κ2) is 7.77. The molecule has 0 spiro atoms. The first kappa shape index (κ1) is 18.2. The van der Waals surface area contributed by atoms with Crippen LogP contribution in [-0.2, 0) is 4.79 Å². The Kier molecular flexibility index (Phi) is 5.46. The van der Waals surface area contributed by atoms with Gasteiger partial charge in [0.15, 0.2) is 11.7 Å². The summed E-state index contributed by atoms with van der Waals surface area (Å²) in [7, 11) is 1.54. The Labute approximate surface area is 159 Å². The number of methoxy groups -OCH3 is 1. The number of rotatable bonds is 6. The van der Waals surface area contributed by atoms with E-state index in [-0.39, 0.29) is 12.5 Å². The second-order valence-corrected chi connectivity index (χ2v) is 6.90. The molecule has 0 atom stereocenters. The topological polar surface area (TPSA) is 98.5 Å². The first-order valence-electron chi connectivity index (χ1n) is 7.64. The molecule has 0 aliphatic heterocycles. The summed E-state index contributed by atoms with van der Waals surface area (Å²) in [6.45, 7) is 1.74. The van der Waals surface area contributed by atoms with E-state index in [9.17, 15) is 4.79 Å². The number of thiazole rings is 1. The predicted molar refractivity (Wildman–Crippen MR) is 104 cm³/mol. The van der Waals surface area contributed by atoms with Gasteiger partial charge in [-0.1, -0.05) is 22.9 Å². The summed E-state index contributed by atoms with van der Waals surface area (Å²) in [4.78, 5) is 16.5. The zero-order valence-electron chi connectivity index (χ0n) is 14.1. The number of nitrogen functional groups attached to an aromatic ring is 1. The lowest BCUT2D eigenvalue weighted by Gasteiger charge is -2.11. The summed E-state index contributed by atoms with van der Waals surface area (Å²) in [6, 6.07) is 8.74. The third kappa shape index (κ3) is 3.98. The van der Waals surface area contributed by atoms with Crippen molar-refractivity contribution in [2.75, 3.05) is 24.5 Å².